The normalized spacial score (nSPS) is 12.4. The van der Waals surface area contributed by atoms with Crippen molar-refractivity contribution in [1.29, 1.82) is 0 Å². The zero-order chi connectivity index (χ0) is 32.3. The molecule has 1 saturated heterocycles. The first kappa shape index (κ1) is 38.8. The highest BCUT2D eigenvalue weighted by molar-refractivity contribution is 6.32. The lowest BCUT2D eigenvalue weighted by Crippen LogP contribution is -2.34. The van der Waals surface area contributed by atoms with Gasteiger partial charge in [-0.05, 0) is 89.2 Å². The third kappa shape index (κ3) is 9.59. The number of nitrogens with one attached hydrogen (secondary N) is 3. The molecule has 0 radical (unpaired) electrons. The van der Waals surface area contributed by atoms with Crippen molar-refractivity contribution in [1.82, 2.24) is 34.8 Å². The average molecular weight is 660 g/mol. The zero-order valence-electron chi connectivity index (χ0n) is 26.7. The van der Waals surface area contributed by atoms with Gasteiger partial charge in [0.2, 0.25) is 0 Å². The number of likely N-dealkylation sites (tertiary alicyclic amines) is 1. The van der Waals surface area contributed by atoms with Crippen molar-refractivity contribution in [3.8, 4) is 0 Å². The van der Waals surface area contributed by atoms with Crippen molar-refractivity contribution >= 4 is 56.3 Å². The highest BCUT2D eigenvalue weighted by atomic mass is 35.5. The standard InChI is InChI=1S/C15H19N3O.C10H9ClN2O.C8H8N2.C2H6.2CH4/c1-11-14(15-12(17-11)6-5-7-16-15)13(19)10-18-8-3-2-4-9-18;1-6-9(8(14)5-11)10-7(13-6)3-2-4-12-10;1-6-5-8-7(10-6)3-2-4-9-8;1-2;;/h5-7,17H,2-4,8-10H2,1H3;2-4,13H,5H2,1H3;2-5,10H,1H3;1-2H3;2*1H4. The van der Waals surface area contributed by atoms with Crippen LogP contribution in [0.5, 0.6) is 0 Å². The lowest BCUT2D eigenvalue weighted by Gasteiger charge is -2.25. The van der Waals surface area contributed by atoms with Crippen molar-refractivity contribution in [2.75, 3.05) is 25.5 Å². The van der Waals surface area contributed by atoms with Crippen LogP contribution in [0.25, 0.3) is 33.1 Å². The molecule has 1 aliphatic heterocycles. The Morgan fingerprint density at radius 2 is 1.21 bits per heavy atom. The highest BCUT2D eigenvalue weighted by Gasteiger charge is 2.20. The number of hydrogen-bond acceptors (Lipinski definition) is 6. The summed E-state index contributed by atoms with van der Waals surface area (Å²) in [6.45, 7) is 12.4. The van der Waals surface area contributed by atoms with Gasteiger partial charge in [-0.1, -0.05) is 35.1 Å². The molecule has 7 rings (SSSR count). The number of aromatic amines is 3. The smallest absolute Gasteiger partial charge is 0.181 e. The van der Waals surface area contributed by atoms with E-state index in [4.69, 9.17) is 11.6 Å². The van der Waals surface area contributed by atoms with Gasteiger partial charge >= 0.3 is 0 Å². The van der Waals surface area contributed by atoms with Crippen LogP contribution in [0.4, 0.5) is 0 Å². The molecule has 6 aromatic rings. The van der Waals surface area contributed by atoms with Crippen molar-refractivity contribution in [2.24, 2.45) is 0 Å². The number of H-pyrrole nitrogens is 3. The molecule has 7 heterocycles. The molecular weight excluding hydrogens is 610 g/mol. The van der Waals surface area contributed by atoms with E-state index in [-0.39, 0.29) is 32.3 Å². The summed E-state index contributed by atoms with van der Waals surface area (Å²) in [5.41, 5.74) is 9.77. The van der Waals surface area contributed by atoms with Crippen molar-refractivity contribution in [3.63, 3.8) is 0 Å². The molecule has 252 valence electrons. The average Bonchev–Trinajstić information content (AvgIpc) is 3.72. The maximum absolute atomic E-state index is 12.5. The summed E-state index contributed by atoms with van der Waals surface area (Å²) in [5, 5.41) is 0. The van der Waals surface area contributed by atoms with Crippen molar-refractivity contribution < 1.29 is 9.59 Å². The van der Waals surface area contributed by atoms with Gasteiger partial charge in [0, 0.05) is 35.7 Å². The Bertz CT molecular complexity index is 1830. The quantitative estimate of drug-likeness (QED) is 0.125. The van der Waals surface area contributed by atoms with E-state index in [0.717, 1.165) is 63.3 Å². The fraction of sp³-hybridized carbons (Fsp3) is 0.378. The molecule has 0 aliphatic carbocycles. The van der Waals surface area contributed by atoms with Gasteiger partial charge in [-0.25, -0.2) is 0 Å². The van der Waals surface area contributed by atoms with Crippen LogP contribution in [0.1, 0.15) is 85.8 Å². The molecule has 0 amide bonds. The van der Waals surface area contributed by atoms with E-state index in [1.165, 1.54) is 19.3 Å². The van der Waals surface area contributed by atoms with Gasteiger partial charge in [-0.3, -0.25) is 29.4 Å². The Labute approximate surface area is 283 Å². The maximum Gasteiger partial charge on any atom is 0.181 e. The molecule has 0 aromatic carbocycles. The first-order chi connectivity index (χ1) is 21.9. The molecule has 0 bridgehead atoms. The van der Waals surface area contributed by atoms with Gasteiger partial charge in [-0.15, -0.1) is 11.6 Å². The van der Waals surface area contributed by atoms with E-state index in [0.29, 0.717) is 17.6 Å². The number of halogens is 1. The number of Topliss-reactive ketones (excluding diaryl/α,β-unsaturated/α-hetero) is 2. The van der Waals surface area contributed by atoms with Crippen LogP contribution in [0.3, 0.4) is 0 Å². The minimum absolute atomic E-state index is 0. The van der Waals surface area contributed by atoms with Gasteiger partial charge < -0.3 is 15.0 Å². The van der Waals surface area contributed by atoms with Gasteiger partial charge in [0.15, 0.2) is 11.6 Å². The van der Waals surface area contributed by atoms with E-state index in [9.17, 15) is 9.59 Å². The largest absolute Gasteiger partial charge is 0.357 e. The van der Waals surface area contributed by atoms with Crippen LogP contribution in [0.15, 0.2) is 61.1 Å². The number of ketones is 2. The fourth-order valence-electron chi connectivity index (χ4n) is 5.54. The van der Waals surface area contributed by atoms with E-state index in [2.05, 4.69) is 34.8 Å². The first-order valence-electron chi connectivity index (χ1n) is 15.5. The summed E-state index contributed by atoms with van der Waals surface area (Å²) in [6, 6.07) is 13.6. The summed E-state index contributed by atoms with van der Waals surface area (Å²) < 4.78 is 0. The maximum atomic E-state index is 12.5. The number of piperidine rings is 1. The van der Waals surface area contributed by atoms with Gasteiger partial charge in [0.1, 0.15) is 0 Å². The Morgan fingerprint density at radius 3 is 1.72 bits per heavy atom. The first-order valence-corrected chi connectivity index (χ1v) is 16.0. The molecular formula is C37H50ClN7O2. The number of fused-ring (bicyclic) bond motifs is 3. The van der Waals surface area contributed by atoms with Crippen LogP contribution in [-0.2, 0) is 0 Å². The molecule has 0 saturated carbocycles. The summed E-state index contributed by atoms with van der Waals surface area (Å²) in [4.78, 5) is 48.5. The van der Waals surface area contributed by atoms with Crippen LogP contribution in [0.2, 0.25) is 0 Å². The number of hydrogen-bond donors (Lipinski definition) is 3. The summed E-state index contributed by atoms with van der Waals surface area (Å²) >= 11 is 5.52. The molecule has 47 heavy (non-hydrogen) atoms. The van der Waals surface area contributed by atoms with Crippen LogP contribution < -0.4 is 0 Å². The predicted molar refractivity (Wildman–Crippen MR) is 197 cm³/mol. The molecule has 0 atom stereocenters. The Morgan fingerprint density at radius 1 is 0.723 bits per heavy atom. The van der Waals surface area contributed by atoms with Gasteiger partial charge in [0.05, 0.1) is 56.7 Å². The molecule has 3 N–H and O–H groups in total. The van der Waals surface area contributed by atoms with Crippen LogP contribution >= 0.6 is 11.6 Å². The van der Waals surface area contributed by atoms with E-state index < -0.39 is 0 Å². The number of aromatic nitrogens is 6. The zero-order valence-corrected chi connectivity index (χ0v) is 27.5. The van der Waals surface area contributed by atoms with E-state index in [1.807, 2.05) is 77.1 Å². The van der Waals surface area contributed by atoms with Crippen LogP contribution in [-0.4, -0.2) is 71.9 Å². The third-order valence-electron chi connectivity index (χ3n) is 7.50. The molecule has 9 nitrogen and oxygen atoms in total. The lowest BCUT2D eigenvalue weighted by atomic mass is 10.1. The molecule has 0 spiro atoms. The number of pyridine rings is 3. The minimum atomic E-state index is -0.0888. The molecule has 6 aromatic heterocycles. The monoisotopic (exact) mass is 659 g/mol. The SMILES string of the molecule is C.C.CC.Cc1[nH]c2cccnc2c1C(=O)CCl.Cc1[nH]c2cccnc2c1C(=O)CN1CCCCC1.Cc1cc2ncccc2[nH]1. The van der Waals surface area contributed by atoms with E-state index in [1.54, 1.807) is 18.6 Å². The summed E-state index contributed by atoms with van der Waals surface area (Å²) in [6.07, 6.45) is 8.92. The van der Waals surface area contributed by atoms with Gasteiger partial charge in [-0.2, -0.15) is 0 Å². The number of carbonyl (C=O) groups is 2. The predicted octanol–water partition coefficient (Wildman–Crippen LogP) is 9.00. The minimum Gasteiger partial charge on any atom is -0.357 e. The van der Waals surface area contributed by atoms with Crippen molar-refractivity contribution in [2.45, 2.75) is 68.7 Å². The molecule has 1 aliphatic rings. The van der Waals surface area contributed by atoms with E-state index >= 15 is 0 Å². The fourth-order valence-corrected chi connectivity index (χ4v) is 5.67. The number of carbonyl (C=O) groups excluding carboxylic acids is 2. The second-order valence-corrected chi connectivity index (χ2v) is 11.0. The highest BCUT2D eigenvalue weighted by Crippen LogP contribution is 2.22. The Kier molecular flexibility index (Phi) is 15.5. The van der Waals surface area contributed by atoms with Gasteiger partial charge in [0.25, 0.3) is 0 Å². The number of alkyl halides is 1. The lowest BCUT2D eigenvalue weighted by molar-refractivity contribution is 0.0916. The number of aryl methyl sites for hydroxylation is 3. The third-order valence-corrected chi connectivity index (χ3v) is 7.74. The summed E-state index contributed by atoms with van der Waals surface area (Å²) in [7, 11) is 0. The molecule has 1 fully saturated rings. The molecule has 10 heteroatoms. The van der Waals surface area contributed by atoms with Crippen molar-refractivity contribution in [3.05, 3.63) is 89.3 Å². The second-order valence-electron chi connectivity index (χ2n) is 10.8. The number of rotatable bonds is 5. The topological polar surface area (TPSA) is 123 Å². The number of nitrogens with zero attached hydrogens (tertiary/aromatic N) is 4. The Balaban J connectivity index is 0.000000244. The summed E-state index contributed by atoms with van der Waals surface area (Å²) in [5.74, 6) is 0.0862. The second kappa shape index (κ2) is 18.7. The Hall–Kier alpha value is -4.34. The molecule has 0 unspecified atom stereocenters. The van der Waals surface area contributed by atoms with Crippen LogP contribution in [0, 0.1) is 20.8 Å².